The van der Waals surface area contributed by atoms with Gasteiger partial charge < -0.3 is 5.32 Å². The molecule has 102 valence electrons. The Bertz CT molecular complexity index is 326. The highest BCUT2D eigenvalue weighted by molar-refractivity contribution is 8.00. The van der Waals surface area contributed by atoms with Crippen molar-refractivity contribution in [1.82, 2.24) is 5.32 Å². The van der Waals surface area contributed by atoms with E-state index in [9.17, 15) is 4.79 Å². The highest BCUT2D eigenvalue weighted by atomic mass is 32.2. The van der Waals surface area contributed by atoms with Gasteiger partial charge in [-0.2, -0.15) is 11.8 Å². The van der Waals surface area contributed by atoms with Crippen molar-refractivity contribution >= 4 is 17.5 Å². The van der Waals surface area contributed by atoms with Crippen molar-refractivity contribution in [1.29, 1.82) is 0 Å². The van der Waals surface area contributed by atoms with Gasteiger partial charge in [0, 0.05) is 35.1 Å². The molecule has 2 rings (SSSR count). The number of thioether (sulfide) groups is 1. The second kappa shape index (κ2) is 6.14. The summed E-state index contributed by atoms with van der Waals surface area (Å²) >= 11 is 2.11. The molecule has 2 saturated heterocycles. The Morgan fingerprint density at radius 1 is 1.50 bits per heavy atom. The van der Waals surface area contributed by atoms with Gasteiger partial charge in [-0.3, -0.25) is 4.79 Å². The number of Topliss-reactive ketones (excluding diaryl/α,β-unsaturated/α-hetero) is 1. The number of fused-ring (bicyclic) bond motifs is 1. The molecular formula is C15H25NOS. The first-order valence-corrected chi connectivity index (χ1v) is 8.21. The highest BCUT2D eigenvalue weighted by Crippen LogP contribution is 2.42. The maximum Gasteiger partial charge on any atom is 0.135 e. The van der Waals surface area contributed by atoms with Gasteiger partial charge in [-0.1, -0.05) is 26.8 Å². The van der Waals surface area contributed by atoms with Crippen molar-refractivity contribution in [2.24, 2.45) is 11.8 Å². The van der Waals surface area contributed by atoms with Crippen LogP contribution in [0.5, 0.6) is 0 Å². The number of nitrogens with one attached hydrogen (secondary N) is 1. The maximum atomic E-state index is 11.5. The van der Waals surface area contributed by atoms with E-state index < -0.39 is 0 Å². The van der Waals surface area contributed by atoms with Crippen LogP contribution in [-0.2, 0) is 4.79 Å². The Morgan fingerprint density at radius 3 is 3.00 bits per heavy atom. The molecule has 0 unspecified atom stereocenters. The van der Waals surface area contributed by atoms with Crippen molar-refractivity contribution in [2.75, 3.05) is 5.75 Å². The Hall–Kier alpha value is -0.440. The topological polar surface area (TPSA) is 29.1 Å². The fourth-order valence-electron chi connectivity index (χ4n) is 2.99. The predicted octanol–water partition coefficient (Wildman–Crippen LogP) is 3.38. The van der Waals surface area contributed by atoms with Gasteiger partial charge in [0.15, 0.2) is 0 Å². The normalized spacial score (nSPS) is 30.6. The molecule has 2 heterocycles. The molecular weight excluding hydrogens is 242 g/mol. The minimum absolute atomic E-state index is 0.206. The molecule has 2 aliphatic rings. The van der Waals surface area contributed by atoms with Gasteiger partial charge in [-0.25, -0.2) is 0 Å². The summed E-state index contributed by atoms with van der Waals surface area (Å²) < 4.78 is 0. The average Bonchev–Trinajstić information content (AvgIpc) is 2.84. The predicted molar refractivity (Wildman–Crippen MR) is 78.7 cm³/mol. The first-order chi connectivity index (χ1) is 8.58. The quantitative estimate of drug-likeness (QED) is 0.748. The Balaban J connectivity index is 1.66. The van der Waals surface area contributed by atoms with E-state index in [1.807, 2.05) is 13.8 Å². The van der Waals surface area contributed by atoms with Gasteiger partial charge in [-0.05, 0) is 25.2 Å². The van der Waals surface area contributed by atoms with E-state index in [1.165, 1.54) is 24.3 Å². The SMILES string of the molecule is C=C1C[C@H]2[C@H](CCCCC(=O)C(C)C)SC[C@H]2N1. The molecule has 3 atom stereocenters. The molecule has 0 radical (unpaired) electrons. The third kappa shape index (κ3) is 3.31. The number of allylic oxidation sites excluding steroid dienone is 1. The van der Waals surface area contributed by atoms with Crippen LogP contribution in [0.2, 0.25) is 0 Å². The minimum atomic E-state index is 0.206. The van der Waals surface area contributed by atoms with Crippen LogP contribution in [0.4, 0.5) is 0 Å². The average molecular weight is 267 g/mol. The smallest absolute Gasteiger partial charge is 0.135 e. The lowest BCUT2D eigenvalue weighted by Gasteiger charge is -2.16. The van der Waals surface area contributed by atoms with E-state index in [0.29, 0.717) is 11.8 Å². The van der Waals surface area contributed by atoms with Crippen LogP contribution in [0.25, 0.3) is 0 Å². The maximum absolute atomic E-state index is 11.5. The third-order valence-electron chi connectivity index (χ3n) is 4.16. The summed E-state index contributed by atoms with van der Waals surface area (Å²) in [5, 5.41) is 4.29. The molecule has 0 spiro atoms. The van der Waals surface area contributed by atoms with E-state index in [4.69, 9.17) is 0 Å². The van der Waals surface area contributed by atoms with Crippen LogP contribution in [0.1, 0.15) is 46.0 Å². The molecule has 0 aromatic heterocycles. The van der Waals surface area contributed by atoms with Gasteiger partial charge in [-0.15, -0.1) is 0 Å². The molecule has 0 aromatic carbocycles. The number of carbonyl (C=O) groups is 1. The van der Waals surface area contributed by atoms with Gasteiger partial charge in [0.05, 0.1) is 0 Å². The molecule has 0 aliphatic carbocycles. The number of rotatable bonds is 6. The molecule has 18 heavy (non-hydrogen) atoms. The van der Waals surface area contributed by atoms with Gasteiger partial charge >= 0.3 is 0 Å². The zero-order valence-electron chi connectivity index (χ0n) is 11.6. The van der Waals surface area contributed by atoms with E-state index in [1.54, 1.807) is 0 Å². The standard InChI is InChI=1S/C15H25NOS/c1-10(2)14(17)6-4-5-7-15-12-8-11(3)16-13(12)9-18-15/h10,12-13,15-16H,3-9H2,1-2H3/t12-,13-,15+/m1/s1. The minimum Gasteiger partial charge on any atom is -0.385 e. The van der Waals surface area contributed by atoms with Crippen molar-refractivity contribution < 1.29 is 4.79 Å². The second-order valence-electron chi connectivity index (χ2n) is 5.96. The van der Waals surface area contributed by atoms with Gasteiger partial charge in [0.2, 0.25) is 0 Å². The molecule has 0 aromatic rings. The molecule has 2 nitrogen and oxygen atoms in total. The molecule has 0 amide bonds. The summed E-state index contributed by atoms with van der Waals surface area (Å²) in [6.07, 6.45) is 5.47. The molecule has 3 heteroatoms. The fourth-order valence-corrected chi connectivity index (χ4v) is 4.64. The van der Waals surface area contributed by atoms with Crippen LogP contribution in [0.3, 0.4) is 0 Å². The summed E-state index contributed by atoms with van der Waals surface area (Å²) in [6, 6.07) is 0.671. The van der Waals surface area contributed by atoms with Crippen LogP contribution >= 0.6 is 11.8 Å². The van der Waals surface area contributed by atoms with Crippen LogP contribution in [-0.4, -0.2) is 22.8 Å². The summed E-state index contributed by atoms with van der Waals surface area (Å²) in [5.41, 5.74) is 1.23. The van der Waals surface area contributed by atoms with Crippen LogP contribution < -0.4 is 5.32 Å². The lowest BCUT2D eigenvalue weighted by atomic mass is 9.93. The molecule has 0 saturated carbocycles. The Labute approximate surface area is 115 Å². The monoisotopic (exact) mass is 267 g/mol. The van der Waals surface area contributed by atoms with Crippen molar-refractivity contribution in [3.63, 3.8) is 0 Å². The number of carbonyl (C=O) groups excluding carboxylic acids is 1. The highest BCUT2D eigenvalue weighted by Gasteiger charge is 2.40. The van der Waals surface area contributed by atoms with E-state index in [0.717, 1.165) is 30.4 Å². The van der Waals surface area contributed by atoms with E-state index in [2.05, 4.69) is 23.7 Å². The van der Waals surface area contributed by atoms with E-state index >= 15 is 0 Å². The largest absolute Gasteiger partial charge is 0.385 e. The summed E-state index contributed by atoms with van der Waals surface area (Å²) in [4.78, 5) is 11.5. The first-order valence-electron chi connectivity index (χ1n) is 7.16. The lowest BCUT2D eigenvalue weighted by Crippen LogP contribution is -2.26. The third-order valence-corrected chi connectivity index (χ3v) is 5.73. The van der Waals surface area contributed by atoms with Crippen molar-refractivity contribution in [2.45, 2.75) is 57.2 Å². The van der Waals surface area contributed by atoms with Crippen molar-refractivity contribution in [3.05, 3.63) is 12.3 Å². The van der Waals surface area contributed by atoms with Crippen molar-refractivity contribution in [3.8, 4) is 0 Å². The Morgan fingerprint density at radius 2 is 2.28 bits per heavy atom. The molecule has 1 N–H and O–H groups in total. The Kier molecular flexibility index (Phi) is 4.77. The molecule has 2 aliphatic heterocycles. The van der Waals surface area contributed by atoms with Crippen LogP contribution in [0, 0.1) is 11.8 Å². The van der Waals surface area contributed by atoms with Crippen LogP contribution in [0.15, 0.2) is 12.3 Å². The number of ketones is 1. The summed E-state index contributed by atoms with van der Waals surface area (Å²) in [6.45, 7) is 8.04. The summed E-state index contributed by atoms with van der Waals surface area (Å²) in [7, 11) is 0. The number of hydrogen-bond acceptors (Lipinski definition) is 3. The summed E-state index contributed by atoms with van der Waals surface area (Å²) in [5.74, 6) is 2.66. The number of unbranched alkanes of at least 4 members (excludes halogenated alkanes) is 1. The number of hydrogen-bond donors (Lipinski definition) is 1. The van der Waals surface area contributed by atoms with Gasteiger partial charge in [0.25, 0.3) is 0 Å². The second-order valence-corrected chi connectivity index (χ2v) is 7.23. The fraction of sp³-hybridized carbons (Fsp3) is 0.800. The van der Waals surface area contributed by atoms with E-state index in [-0.39, 0.29) is 5.92 Å². The molecule has 0 bridgehead atoms. The van der Waals surface area contributed by atoms with Gasteiger partial charge in [0.1, 0.15) is 5.78 Å². The first kappa shape index (κ1) is 14.0. The lowest BCUT2D eigenvalue weighted by molar-refractivity contribution is -0.122. The zero-order chi connectivity index (χ0) is 13.1. The molecule has 2 fully saturated rings. The zero-order valence-corrected chi connectivity index (χ0v) is 12.4.